The number of benzene rings is 1. The van der Waals surface area contributed by atoms with E-state index < -0.39 is 38.9 Å². The second kappa shape index (κ2) is 6.24. The van der Waals surface area contributed by atoms with Gasteiger partial charge in [-0.1, -0.05) is 18.2 Å². The Hall–Kier alpha value is -1.26. The maximum atomic E-state index is 12.5. The Morgan fingerprint density at radius 3 is 2.48 bits per heavy atom. The van der Waals surface area contributed by atoms with Crippen LogP contribution in [0.4, 0.5) is 13.2 Å². The smallest absolute Gasteiger partial charge is 0.416 e. The molecule has 1 aromatic carbocycles. The molecule has 0 heterocycles. The van der Waals surface area contributed by atoms with E-state index in [1.807, 2.05) is 0 Å². The molecule has 0 saturated carbocycles. The van der Waals surface area contributed by atoms with Crippen molar-refractivity contribution in [1.29, 1.82) is 0 Å². The Morgan fingerprint density at radius 1 is 1.43 bits per heavy atom. The van der Waals surface area contributed by atoms with Crippen LogP contribution >= 0.6 is 12.6 Å². The molecular weight excluding hydrogens is 331 g/mol. The second-order valence-corrected chi connectivity index (χ2v) is 6.70. The molecule has 5 nitrogen and oxygen atoms in total. The molecule has 0 radical (unpaired) electrons. The van der Waals surface area contributed by atoms with E-state index in [9.17, 15) is 26.4 Å². The zero-order chi connectivity index (χ0) is 16.4. The third-order valence-corrected chi connectivity index (χ3v) is 5.12. The van der Waals surface area contributed by atoms with Gasteiger partial charge < -0.3 is 5.11 Å². The van der Waals surface area contributed by atoms with Gasteiger partial charge in [-0.25, -0.2) is 13.2 Å². The van der Waals surface area contributed by atoms with Crippen LogP contribution in [0, 0.1) is 0 Å². The molecule has 1 aromatic rings. The molecule has 10 heteroatoms. The lowest BCUT2D eigenvalue weighted by Crippen LogP contribution is -2.39. The van der Waals surface area contributed by atoms with E-state index in [0.29, 0.717) is 10.4 Å². The maximum absolute atomic E-state index is 12.5. The molecule has 0 bridgehead atoms. The van der Waals surface area contributed by atoms with E-state index >= 15 is 0 Å². The molecule has 0 saturated heterocycles. The van der Waals surface area contributed by atoms with Gasteiger partial charge >= 0.3 is 12.1 Å². The lowest BCUT2D eigenvalue weighted by atomic mass is 10.1. The van der Waals surface area contributed by atoms with E-state index in [1.54, 1.807) is 0 Å². The first-order chi connectivity index (χ1) is 9.45. The number of alkyl halides is 3. The predicted molar refractivity (Wildman–Crippen MR) is 72.2 cm³/mol. The number of halogens is 3. The third kappa shape index (κ3) is 4.61. The monoisotopic (exact) mass is 343 g/mol. The van der Waals surface area contributed by atoms with Gasteiger partial charge in [0.25, 0.3) is 0 Å². The Balaban J connectivity index is 3.03. The van der Waals surface area contributed by atoms with E-state index in [2.05, 4.69) is 12.6 Å². The van der Waals surface area contributed by atoms with Gasteiger partial charge in [-0.2, -0.15) is 17.5 Å². The summed E-state index contributed by atoms with van der Waals surface area (Å²) in [5, 5.41) is 7.09. The number of nitrogens with zero attached hydrogens (tertiary/aromatic N) is 1. The molecule has 0 aliphatic carbocycles. The van der Waals surface area contributed by atoms with Crippen molar-refractivity contribution in [2.45, 2.75) is 17.3 Å². The lowest BCUT2D eigenvalue weighted by Gasteiger charge is -2.20. The number of likely N-dealkylation sites (N-methyl/N-ethyl adjacent to an activating group) is 1. The molecule has 1 rings (SSSR count). The fraction of sp³-hybridized carbons (Fsp3) is 0.364. The SMILES string of the molecule is CN(C(S)C(=O)O)S(=O)(=O)Cc1cccc(C(F)(F)F)c1. The van der Waals surface area contributed by atoms with Gasteiger partial charge in [-0.05, 0) is 11.6 Å². The van der Waals surface area contributed by atoms with E-state index in [0.717, 1.165) is 19.2 Å². The Kier molecular flexibility index (Phi) is 5.29. The van der Waals surface area contributed by atoms with E-state index in [1.165, 1.54) is 6.07 Å². The highest BCUT2D eigenvalue weighted by Crippen LogP contribution is 2.30. The number of hydrogen-bond acceptors (Lipinski definition) is 4. The molecule has 0 amide bonds. The molecule has 1 atom stereocenters. The summed E-state index contributed by atoms with van der Waals surface area (Å²) < 4.78 is 62.0. The van der Waals surface area contributed by atoms with Crippen molar-refractivity contribution in [3.8, 4) is 0 Å². The molecule has 0 fully saturated rings. The van der Waals surface area contributed by atoms with Crippen molar-refractivity contribution < 1.29 is 31.5 Å². The summed E-state index contributed by atoms with van der Waals surface area (Å²) in [6, 6.07) is 3.83. The highest BCUT2D eigenvalue weighted by atomic mass is 32.2. The van der Waals surface area contributed by atoms with Crippen molar-refractivity contribution in [3.63, 3.8) is 0 Å². The third-order valence-electron chi connectivity index (χ3n) is 2.61. The predicted octanol–water partition coefficient (Wildman–Crippen LogP) is 1.81. The van der Waals surface area contributed by atoms with Crippen LogP contribution in [0.25, 0.3) is 0 Å². The van der Waals surface area contributed by atoms with Crippen molar-refractivity contribution >= 4 is 28.6 Å². The minimum absolute atomic E-state index is 0.0948. The van der Waals surface area contributed by atoms with Crippen LogP contribution in [0.3, 0.4) is 0 Å². The first-order valence-corrected chi connectivity index (χ1v) is 7.60. The van der Waals surface area contributed by atoms with Gasteiger partial charge in [0.05, 0.1) is 11.3 Å². The number of thiol groups is 1. The Bertz CT molecular complexity index is 631. The largest absolute Gasteiger partial charge is 0.479 e. The van der Waals surface area contributed by atoms with Gasteiger partial charge in [-0.15, -0.1) is 12.6 Å². The van der Waals surface area contributed by atoms with Crippen LogP contribution in [-0.4, -0.2) is 36.2 Å². The molecular formula is C11H12F3NO4S2. The van der Waals surface area contributed by atoms with Gasteiger partial charge in [-0.3, -0.25) is 0 Å². The minimum atomic E-state index is -4.58. The second-order valence-electron chi connectivity index (χ2n) is 4.18. The molecule has 1 N–H and O–H groups in total. The van der Waals surface area contributed by atoms with Crippen molar-refractivity contribution in [2.75, 3.05) is 7.05 Å². The molecule has 21 heavy (non-hydrogen) atoms. The summed E-state index contributed by atoms with van der Waals surface area (Å²) >= 11 is 3.61. The van der Waals surface area contributed by atoms with Gasteiger partial charge in [0.1, 0.15) is 0 Å². The number of carboxylic acid groups (broad SMARTS) is 1. The summed E-state index contributed by atoms with van der Waals surface area (Å²) in [5.41, 5.74) is -1.07. The maximum Gasteiger partial charge on any atom is 0.416 e. The molecule has 0 spiro atoms. The van der Waals surface area contributed by atoms with Crippen LogP contribution in [0.2, 0.25) is 0 Å². The van der Waals surface area contributed by atoms with Gasteiger partial charge in [0.2, 0.25) is 10.0 Å². The average molecular weight is 343 g/mol. The summed E-state index contributed by atoms with van der Waals surface area (Å²) in [6.45, 7) is 0. The first-order valence-electron chi connectivity index (χ1n) is 5.48. The van der Waals surface area contributed by atoms with E-state index in [-0.39, 0.29) is 5.56 Å². The average Bonchev–Trinajstić information content (AvgIpc) is 2.35. The normalized spacial score (nSPS) is 14.2. The van der Waals surface area contributed by atoms with Crippen molar-refractivity contribution in [2.24, 2.45) is 0 Å². The van der Waals surface area contributed by atoms with Crippen LogP contribution in [0.5, 0.6) is 0 Å². The number of aliphatic carboxylic acids is 1. The van der Waals surface area contributed by atoms with Crippen molar-refractivity contribution in [3.05, 3.63) is 35.4 Å². The van der Waals surface area contributed by atoms with Gasteiger partial charge in [0.15, 0.2) is 5.37 Å². The van der Waals surface area contributed by atoms with Gasteiger partial charge in [0, 0.05) is 7.05 Å². The molecule has 0 aliphatic heterocycles. The minimum Gasteiger partial charge on any atom is -0.479 e. The molecule has 118 valence electrons. The summed E-state index contributed by atoms with van der Waals surface area (Å²) in [6.07, 6.45) is -4.58. The summed E-state index contributed by atoms with van der Waals surface area (Å²) in [7, 11) is -3.12. The first kappa shape index (κ1) is 17.8. The standard InChI is InChI=1S/C11H12F3NO4S2/c1-15(9(20)10(16)17)21(18,19)6-7-3-2-4-8(5-7)11(12,13)14/h2-5,9,20H,6H2,1H3,(H,16,17). The quantitative estimate of drug-likeness (QED) is 0.632. The number of carbonyl (C=O) groups is 1. The summed E-state index contributed by atoms with van der Waals surface area (Å²) in [4.78, 5) is 10.7. The molecule has 1 unspecified atom stereocenters. The molecule has 0 aromatic heterocycles. The number of hydrogen-bond donors (Lipinski definition) is 2. The molecule has 0 aliphatic rings. The van der Waals surface area contributed by atoms with E-state index in [4.69, 9.17) is 5.11 Å². The van der Waals surface area contributed by atoms with Crippen LogP contribution in [0.15, 0.2) is 24.3 Å². The van der Waals surface area contributed by atoms with Crippen molar-refractivity contribution in [1.82, 2.24) is 4.31 Å². The van der Waals surface area contributed by atoms with Crippen LogP contribution in [0.1, 0.15) is 11.1 Å². The fourth-order valence-corrected chi connectivity index (χ4v) is 3.09. The summed E-state index contributed by atoms with van der Waals surface area (Å²) in [5.74, 6) is -2.23. The number of carboxylic acids is 1. The highest BCUT2D eigenvalue weighted by molar-refractivity contribution is 7.89. The van der Waals surface area contributed by atoms with Crippen LogP contribution in [-0.2, 0) is 26.7 Å². The topological polar surface area (TPSA) is 74.7 Å². The zero-order valence-electron chi connectivity index (χ0n) is 10.7. The van der Waals surface area contributed by atoms with Crippen LogP contribution < -0.4 is 0 Å². The Morgan fingerprint density at radius 2 is 2.00 bits per heavy atom. The fourth-order valence-electron chi connectivity index (χ4n) is 1.46. The zero-order valence-corrected chi connectivity index (χ0v) is 12.4. The Labute approximate surface area is 124 Å². The number of sulfonamides is 1. The highest BCUT2D eigenvalue weighted by Gasteiger charge is 2.32. The lowest BCUT2D eigenvalue weighted by molar-refractivity contribution is -0.138. The number of rotatable bonds is 5.